The van der Waals surface area contributed by atoms with Crippen molar-refractivity contribution in [3.8, 4) is 10.4 Å². The first-order chi connectivity index (χ1) is 8.38. The van der Waals surface area contributed by atoms with Crippen molar-refractivity contribution >= 4 is 27.4 Å². The van der Waals surface area contributed by atoms with Gasteiger partial charge in [0.05, 0.1) is 5.39 Å². The third kappa shape index (κ3) is 1.76. The molecule has 1 aromatic carbocycles. The van der Waals surface area contributed by atoms with Crippen LogP contribution in [-0.4, -0.2) is 17.0 Å². The zero-order valence-electron chi connectivity index (χ0n) is 9.34. The number of fused-ring (bicyclic) bond motifs is 1. The summed E-state index contributed by atoms with van der Waals surface area (Å²) < 4.78 is 0. The monoisotopic (exact) mass is 241 g/mol. The van der Waals surface area contributed by atoms with Crippen LogP contribution in [0.1, 0.15) is 0 Å². The standard InChI is InChI=1S/C13H11N3S/c1-14-12-10-7-11(9-5-3-2-4-6-9)17-13(10)16-8-15-12/h2-8H,1H3,(H,14,15,16). The average Bonchev–Trinajstić information content (AvgIpc) is 2.83. The summed E-state index contributed by atoms with van der Waals surface area (Å²) in [5, 5.41) is 4.17. The van der Waals surface area contributed by atoms with Gasteiger partial charge in [0.15, 0.2) is 0 Å². The summed E-state index contributed by atoms with van der Waals surface area (Å²) in [6.07, 6.45) is 1.60. The van der Waals surface area contributed by atoms with Crippen LogP contribution in [0.25, 0.3) is 20.7 Å². The van der Waals surface area contributed by atoms with E-state index in [1.54, 1.807) is 17.7 Å². The maximum atomic E-state index is 4.30. The number of rotatable bonds is 2. The van der Waals surface area contributed by atoms with Gasteiger partial charge in [-0.25, -0.2) is 9.97 Å². The first-order valence-electron chi connectivity index (χ1n) is 5.36. The molecule has 0 atom stereocenters. The van der Waals surface area contributed by atoms with Crippen LogP contribution in [0.15, 0.2) is 42.7 Å². The van der Waals surface area contributed by atoms with Crippen molar-refractivity contribution in [2.24, 2.45) is 0 Å². The van der Waals surface area contributed by atoms with Gasteiger partial charge in [0.25, 0.3) is 0 Å². The molecule has 84 valence electrons. The predicted molar refractivity (Wildman–Crippen MR) is 72.4 cm³/mol. The molecule has 0 spiro atoms. The van der Waals surface area contributed by atoms with E-state index in [0.717, 1.165) is 16.0 Å². The third-order valence-electron chi connectivity index (χ3n) is 2.62. The zero-order chi connectivity index (χ0) is 11.7. The molecule has 2 heterocycles. The smallest absolute Gasteiger partial charge is 0.137 e. The van der Waals surface area contributed by atoms with Gasteiger partial charge >= 0.3 is 0 Å². The summed E-state index contributed by atoms with van der Waals surface area (Å²) in [5.41, 5.74) is 1.22. The molecule has 0 aliphatic carbocycles. The SMILES string of the molecule is CNc1ncnc2sc(-c3ccccc3)cc12. The summed E-state index contributed by atoms with van der Waals surface area (Å²) >= 11 is 1.69. The van der Waals surface area contributed by atoms with Gasteiger partial charge in [-0.3, -0.25) is 0 Å². The van der Waals surface area contributed by atoms with Crippen LogP contribution in [0.2, 0.25) is 0 Å². The molecule has 17 heavy (non-hydrogen) atoms. The largest absolute Gasteiger partial charge is 0.373 e. The fourth-order valence-electron chi connectivity index (χ4n) is 1.80. The molecule has 0 aliphatic heterocycles. The van der Waals surface area contributed by atoms with Crippen molar-refractivity contribution in [3.05, 3.63) is 42.7 Å². The van der Waals surface area contributed by atoms with Gasteiger partial charge in [-0.15, -0.1) is 11.3 Å². The molecule has 0 unspecified atom stereocenters. The quantitative estimate of drug-likeness (QED) is 0.747. The van der Waals surface area contributed by atoms with Crippen LogP contribution in [-0.2, 0) is 0 Å². The highest BCUT2D eigenvalue weighted by Gasteiger charge is 2.08. The number of hydrogen-bond donors (Lipinski definition) is 1. The number of anilines is 1. The Morgan fingerprint density at radius 3 is 2.71 bits per heavy atom. The van der Waals surface area contributed by atoms with E-state index in [-0.39, 0.29) is 0 Å². The normalized spacial score (nSPS) is 10.6. The molecule has 3 nitrogen and oxygen atoms in total. The van der Waals surface area contributed by atoms with E-state index in [2.05, 4.69) is 33.5 Å². The number of thiophene rings is 1. The average molecular weight is 241 g/mol. The number of nitrogens with one attached hydrogen (secondary N) is 1. The Morgan fingerprint density at radius 1 is 1.12 bits per heavy atom. The molecule has 0 fully saturated rings. The van der Waals surface area contributed by atoms with Gasteiger partial charge in [-0.05, 0) is 11.6 Å². The van der Waals surface area contributed by atoms with Gasteiger partial charge in [0.1, 0.15) is 17.0 Å². The summed E-state index contributed by atoms with van der Waals surface area (Å²) in [7, 11) is 1.88. The molecule has 3 rings (SSSR count). The zero-order valence-corrected chi connectivity index (χ0v) is 10.2. The summed E-state index contributed by atoms with van der Waals surface area (Å²) in [4.78, 5) is 10.8. The molecule has 0 bridgehead atoms. The maximum Gasteiger partial charge on any atom is 0.137 e. The van der Waals surface area contributed by atoms with Crippen molar-refractivity contribution in [1.82, 2.24) is 9.97 Å². The number of nitrogens with zero attached hydrogens (tertiary/aromatic N) is 2. The molecular formula is C13H11N3S. The van der Waals surface area contributed by atoms with Crippen molar-refractivity contribution in [1.29, 1.82) is 0 Å². The Kier molecular flexibility index (Phi) is 2.49. The van der Waals surface area contributed by atoms with E-state index in [9.17, 15) is 0 Å². The molecule has 3 aromatic rings. The third-order valence-corrected chi connectivity index (χ3v) is 3.72. The van der Waals surface area contributed by atoms with Crippen molar-refractivity contribution in [3.63, 3.8) is 0 Å². The topological polar surface area (TPSA) is 37.8 Å². The van der Waals surface area contributed by atoms with Crippen LogP contribution in [0.4, 0.5) is 5.82 Å². The lowest BCUT2D eigenvalue weighted by Crippen LogP contribution is -1.92. The van der Waals surface area contributed by atoms with E-state index in [4.69, 9.17) is 0 Å². The van der Waals surface area contributed by atoms with Crippen LogP contribution < -0.4 is 5.32 Å². The minimum absolute atomic E-state index is 0.883. The number of hydrogen-bond acceptors (Lipinski definition) is 4. The molecule has 0 aliphatic rings. The first-order valence-corrected chi connectivity index (χ1v) is 6.18. The Labute approximate surface area is 103 Å². The van der Waals surface area contributed by atoms with Crippen LogP contribution in [0, 0.1) is 0 Å². The minimum atomic E-state index is 0.883. The van der Waals surface area contributed by atoms with Gasteiger partial charge in [0.2, 0.25) is 0 Å². The first kappa shape index (κ1) is 10.2. The summed E-state index contributed by atoms with van der Waals surface area (Å²) in [6.45, 7) is 0. The minimum Gasteiger partial charge on any atom is -0.373 e. The fraction of sp³-hybridized carbons (Fsp3) is 0.0769. The lowest BCUT2D eigenvalue weighted by molar-refractivity contribution is 1.22. The van der Waals surface area contributed by atoms with E-state index in [1.165, 1.54) is 10.4 Å². The predicted octanol–water partition coefficient (Wildman–Crippen LogP) is 3.40. The molecule has 0 saturated carbocycles. The lowest BCUT2D eigenvalue weighted by Gasteiger charge is -1.97. The van der Waals surface area contributed by atoms with Crippen LogP contribution in [0.3, 0.4) is 0 Å². The van der Waals surface area contributed by atoms with Crippen LogP contribution >= 0.6 is 11.3 Å². The van der Waals surface area contributed by atoms with Gasteiger partial charge in [-0.2, -0.15) is 0 Å². The second-order valence-corrected chi connectivity index (χ2v) is 4.70. The van der Waals surface area contributed by atoms with Crippen molar-refractivity contribution in [2.45, 2.75) is 0 Å². The Morgan fingerprint density at radius 2 is 1.94 bits per heavy atom. The molecule has 0 saturated heterocycles. The molecule has 2 aromatic heterocycles. The highest BCUT2D eigenvalue weighted by molar-refractivity contribution is 7.21. The summed E-state index contributed by atoms with van der Waals surface area (Å²) in [6, 6.07) is 12.5. The molecule has 0 amide bonds. The van der Waals surface area contributed by atoms with E-state index in [1.807, 2.05) is 25.2 Å². The molecular weight excluding hydrogens is 230 g/mol. The van der Waals surface area contributed by atoms with Gasteiger partial charge < -0.3 is 5.32 Å². The Balaban J connectivity index is 2.20. The van der Waals surface area contributed by atoms with E-state index >= 15 is 0 Å². The molecule has 1 N–H and O–H groups in total. The maximum absolute atomic E-state index is 4.30. The van der Waals surface area contributed by atoms with Gasteiger partial charge in [-0.1, -0.05) is 30.3 Å². The Hall–Kier alpha value is -1.94. The van der Waals surface area contributed by atoms with Crippen molar-refractivity contribution in [2.75, 3.05) is 12.4 Å². The fourth-order valence-corrected chi connectivity index (χ4v) is 2.80. The van der Waals surface area contributed by atoms with E-state index < -0.39 is 0 Å². The lowest BCUT2D eigenvalue weighted by atomic mass is 10.2. The number of benzene rings is 1. The number of aromatic nitrogens is 2. The molecule has 4 heteroatoms. The molecule has 0 radical (unpaired) electrons. The highest BCUT2D eigenvalue weighted by Crippen LogP contribution is 2.34. The second-order valence-electron chi connectivity index (χ2n) is 3.67. The van der Waals surface area contributed by atoms with Gasteiger partial charge in [0, 0.05) is 11.9 Å². The van der Waals surface area contributed by atoms with Crippen molar-refractivity contribution < 1.29 is 0 Å². The summed E-state index contributed by atoms with van der Waals surface area (Å²) in [5.74, 6) is 0.883. The van der Waals surface area contributed by atoms with E-state index in [0.29, 0.717) is 0 Å². The highest BCUT2D eigenvalue weighted by atomic mass is 32.1. The Bertz CT molecular complexity index is 646. The second kappa shape index (κ2) is 4.14. The van der Waals surface area contributed by atoms with Crippen LogP contribution in [0.5, 0.6) is 0 Å².